The highest BCUT2D eigenvalue weighted by atomic mass is 16.6. The summed E-state index contributed by atoms with van der Waals surface area (Å²) in [5.74, 6) is 0. The summed E-state index contributed by atoms with van der Waals surface area (Å²) in [5, 5.41) is 21.1. The first-order chi connectivity index (χ1) is 9.12. The minimum atomic E-state index is -0.933. The Kier molecular flexibility index (Phi) is 3.79. The minimum Gasteiger partial charge on any atom is -0.411 e. The molecule has 19 heavy (non-hydrogen) atoms. The number of aliphatic hydroxyl groups is 1. The fourth-order valence-electron chi connectivity index (χ4n) is 1.97. The van der Waals surface area contributed by atoms with Gasteiger partial charge in [-0.2, -0.15) is 0 Å². The van der Waals surface area contributed by atoms with E-state index in [1.165, 1.54) is 13.3 Å². The zero-order chi connectivity index (χ0) is 14.0. The predicted molar refractivity (Wildman–Crippen MR) is 62.3 cm³/mol. The van der Waals surface area contributed by atoms with Crippen LogP contribution < -0.4 is 11.2 Å². The Balaban J connectivity index is 2.44. The van der Waals surface area contributed by atoms with Gasteiger partial charge in [0.1, 0.15) is 17.9 Å². The van der Waals surface area contributed by atoms with Crippen molar-refractivity contribution in [1.29, 1.82) is 0 Å². The van der Waals surface area contributed by atoms with Gasteiger partial charge in [0.15, 0.2) is 6.23 Å². The van der Waals surface area contributed by atoms with Gasteiger partial charge < -0.3 is 19.8 Å². The molecule has 1 fully saturated rings. The number of H-pyrrole nitrogens is 1. The summed E-state index contributed by atoms with van der Waals surface area (Å²) in [6, 6.07) is 1.15. The summed E-state index contributed by atoms with van der Waals surface area (Å²) in [5.41, 5.74) is -1.15. The van der Waals surface area contributed by atoms with Crippen LogP contribution in [-0.4, -0.2) is 51.5 Å². The molecule has 0 unspecified atom stereocenters. The third-order valence-electron chi connectivity index (χ3n) is 2.84. The Morgan fingerprint density at radius 2 is 2.32 bits per heavy atom. The van der Waals surface area contributed by atoms with Gasteiger partial charge in [0.05, 0.1) is 6.61 Å². The van der Waals surface area contributed by atoms with E-state index < -0.39 is 36.3 Å². The Hall–Kier alpha value is -1.97. The molecule has 1 aliphatic heterocycles. The molecule has 1 saturated heterocycles. The van der Waals surface area contributed by atoms with Crippen molar-refractivity contribution in [2.75, 3.05) is 13.7 Å². The van der Waals surface area contributed by atoms with Crippen LogP contribution in [-0.2, 0) is 9.47 Å². The second-order valence-corrected chi connectivity index (χ2v) is 3.90. The summed E-state index contributed by atoms with van der Waals surface area (Å²) in [4.78, 5) is 24.8. The number of methoxy groups -OCH3 is 1. The predicted octanol–water partition coefficient (Wildman–Crippen LogP) is -1.73. The molecule has 3 atom stereocenters. The number of oxime groups is 1. The number of rotatable bonds is 3. The molecule has 2 rings (SSSR count). The van der Waals surface area contributed by atoms with Gasteiger partial charge in [0, 0.05) is 19.4 Å². The van der Waals surface area contributed by atoms with Crippen molar-refractivity contribution in [2.45, 2.75) is 18.4 Å². The molecule has 3 N–H and O–H groups in total. The van der Waals surface area contributed by atoms with Crippen LogP contribution >= 0.6 is 0 Å². The Labute approximate surface area is 106 Å². The van der Waals surface area contributed by atoms with E-state index >= 15 is 0 Å². The molecule has 9 heteroatoms. The molecule has 0 aromatic carbocycles. The number of nitrogens with zero attached hydrogens (tertiary/aromatic N) is 2. The average molecular weight is 271 g/mol. The molecule has 9 nitrogen and oxygen atoms in total. The number of ether oxygens (including phenoxy) is 2. The normalized spacial score (nSPS) is 28.9. The standard InChI is InChI=1S/C10H13N3O6/c1-18-8-7(12-17)5(4-14)19-9(8)13-3-2-6(15)11-10(13)16/h2-3,5,8-9,14,17H,4H2,1H3,(H,11,15,16)/t5-,8-,9-/m1/s1. The monoisotopic (exact) mass is 271 g/mol. The molecule has 104 valence electrons. The first-order valence-corrected chi connectivity index (χ1v) is 5.44. The number of hydrogen-bond acceptors (Lipinski definition) is 7. The summed E-state index contributed by atoms with van der Waals surface area (Å²) in [7, 11) is 1.35. The molecular formula is C10H13N3O6. The fraction of sp³-hybridized carbons (Fsp3) is 0.500. The molecule has 2 heterocycles. The van der Waals surface area contributed by atoms with Crippen LogP contribution in [0.1, 0.15) is 6.23 Å². The highest BCUT2D eigenvalue weighted by Gasteiger charge is 2.43. The Bertz CT molecular complexity index is 591. The quantitative estimate of drug-likeness (QED) is 0.443. The van der Waals surface area contributed by atoms with Crippen molar-refractivity contribution < 1.29 is 19.8 Å². The fourth-order valence-corrected chi connectivity index (χ4v) is 1.97. The summed E-state index contributed by atoms with van der Waals surface area (Å²) >= 11 is 0. The summed E-state index contributed by atoms with van der Waals surface area (Å²) in [6.07, 6.45) is -1.41. The van der Waals surface area contributed by atoms with Crippen molar-refractivity contribution in [3.05, 3.63) is 33.1 Å². The maximum Gasteiger partial charge on any atom is 0.330 e. The van der Waals surface area contributed by atoms with Gasteiger partial charge in [0.25, 0.3) is 5.56 Å². The zero-order valence-corrected chi connectivity index (χ0v) is 10.0. The SMILES string of the molecule is CO[C@@H]1C(=NO)[C@@H](CO)O[C@H]1n1ccc(=O)[nH]c1=O. The highest BCUT2D eigenvalue weighted by molar-refractivity contribution is 5.94. The van der Waals surface area contributed by atoms with Crippen LogP contribution in [0.4, 0.5) is 0 Å². The van der Waals surface area contributed by atoms with Crippen LogP contribution in [0.25, 0.3) is 0 Å². The molecule has 0 amide bonds. The zero-order valence-electron chi connectivity index (χ0n) is 10.0. The number of aliphatic hydroxyl groups excluding tert-OH is 1. The van der Waals surface area contributed by atoms with E-state index in [1.807, 2.05) is 0 Å². The smallest absolute Gasteiger partial charge is 0.330 e. The molecule has 0 radical (unpaired) electrons. The first kappa shape index (κ1) is 13.5. The lowest BCUT2D eigenvalue weighted by atomic mass is 10.1. The minimum absolute atomic E-state index is 0.0769. The third-order valence-corrected chi connectivity index (χ3v) is 2.84. The molecule has 1 aliphatic rings. The Morgan fingerprint density at radius 1 is 1.58 bits per heavy atom. The Morgan fingerprint density at radius 3 is 2.84 bits per heavy atom. The molecule has 1 aromatic heterocycles. The van der Waals surface area contributed by atoms with Crippen molar-refractivity contribution in [3.63, 3.8) is 0 Å². The number of aromatic amines is 1. The second kappa shape index (κ2) is 5.34. The van der Waals surface area contributed by atoms with E-state index in [-0.39, 0.29) is 5.71 Å². The summed E-state index contributed by atoms with van der Waals surface area (Å²) < 4.78 is 11.6. The van der Waals surface area contributed by atoms with Gasteiger partial charge in [-0.25, -0.2) is 4.79 Å². The maximum absolute atomic E-state index is 11.7. The molecule has 0 saturated carbocycles. The van der Waals surface area contributed by atoms with Crippen LogP contribution in [0.3, 0.4) is 0 Å². The van der Waals surface area contributed by atoms with Gasteiger partial charge >= 0.3 is 5.69 Å². The average Bonchev–Trinajstić information content (AvgIpc) is 2.76. The van der Waals surface area contributed by atoms with Crippen molar-refractivity contribution in [2.24, 2.45) is 5.16 Å². The van der Waals surface area contributed by atoms with E-state index in [0.717, 1.165) is 10.6 Å². The highest BCUT2D eigenvalue weighted by Crippen LogP contribution is 2.27. The van der Waals surface area contributed by atoms with Crippen molar-refractivity contribution in [3.8, 4) is 0 Å². The maximum atomic E-state index is 11.7. The van der Waals surface area contributed by atoms with Gasteiger partial charge in [0.2, 0.25) is 0 Å². The second-order valence-electron chi connectivity index (χ2n) is 3.90. The lowest BCUT2D eigenvalue weighted by Gasteiger charge is -2.18. The van der Waals surface area contributed by atoms with Crippen molar-refractivity contribution in [1.82, 2.24) is 9.55 Å². The van der Waals surface area contributed by atoms with Crippen LogP contribution in [0.5, 0.6) is 0 Å². The molecule has 0 spiro atoms. The largest absolute Gasteiger partial charge is 0.411 e. The van der Waals surface area contributed by atoms with E-state index in [0.29, 0.717) is 0 Å². The number of hydrogen-bond donors (Lipinski definition) is 3. The third kappa shape index (κ3) is 2.30. The van der Waals surface area contributed by atoms with Crippen LogP contribution in [0, 0.1) is 0 Å². The van der Waals surface area contributed by atoms with E-state index in [2.05, 4.69) is 10.1 Å². The van der Waals surface area contributed by atoms with Gasteiger partial charge in [-0.15, -0.1) is 0 Å². The van der Waals surface area contributed by atoms with Crippen molar-refractivity contribution >= 4 is 5.71 Å². The molecular weight excluding hydrogens is 258 g/mol. The van der Waals surface area contributed by atoms with Crippen LogP contribution in [0.2, 0.25) is 0 Å². The first-order valence-electron chi connectivity index (χ1n) is 5.44. The van der Waals surface area contributed by atoms with Gasteiger partial charge in [-0.3, -0.25) is 14.3 Å². The number of nitrogens with one attached hydrogen (secondary N) is 1. The van der Waals surface area contributed by atoms with E-state index in [1.54, 1.807) is 0 Å². The lowest BCUT2D eigenvalue weighted by molar-refractivity contribution is -0.0625. The molecule has 0 aliphatic carbocycles. The lowest BCUT2D eigenvalue weighted by Crippen LogP contribution is -2.37. The van der Waals surface area contributed by atoms with E-state index in [4.69, 9.17) is 19.8 Å². The summed E-state index contributed by atoms with van der Waals surface area (Å²) in [6.45, 7) is -0.423. The van der Waals surface area contributed by atoms with Crippen LogP contribution in [0.15, 0.2) is 27.0 Å². The molecule has 1 aromatic rings. The molecule has 0 bridgehead atoms. The van der Waals surface area contributed by atoms with E-state index in [9.17, 15) is 9.59 Å². The van der Waals surface area contributed by atoms with Gasteiger partial charge in [-0.1, -0.05) is 5.16 Å². The number of aromatic nitrogens is 2. The van der Waals surface area contributed by atoms with Gasteiger partial charge in [-0.05, 0) is 0 Å². The topological polar surface area (TPSA) is 126 Å².